The molecule has 1 aromatic carbocycles. The van der Waals surface area contributed by atoms with E-state index in [9.17, 15) is 14.9 Å². The van der Waals surface area contributed by atoms with E-state index in [0.717, 1.165) is 12.0 Å². The summed E-state index contributed by atoms with van der Waals surface area (Å²) in [7, 11) is 0. The van der Waals surface area contributed by atoms with Crippen LogP contribution in [0.1, 0.15) is 44.1 Å². The summed E-state index contributed by atoms with van der Waals surface area (Å²) in [6, 6.07) is 6.41. The van der Waals surface area contributed by atoms with Gasteiger partial charge in [0.1, 0.15) is 0 Å². The quantitative estimate of drug-likeness (QED) is 0.560. The normalized spacial score (nSPS) is 13.7. The first-order valence-corrected chi connectivity index (χ1v) is 6.74. The number of benzene rings is 1. The maximum absolute atomic E-state index is 10.7. The Bertz CT molecular complexity index is 459. The van der Waals surface area contributed by atoms with Crippen LogP contribution in [0.5, 0.6) is 0 Å². The molecular formula is C14H21N3O3. The SMILES string of the molecule is CCC(c1ccc([N+](=O)[O-])cc1)C(N)CCCC(N)=O. The van der Waals surface area contributed by atoms with Gasteiger partial charge in [-0.3, -0.25) is 14.9 Å². The van der Waals surface area contributed by atoms with Crippen molar-refractivity contribution in [2.75, 3.05) is 0 Å². The van der Waals surface area contributed by atoms with E-state index in [0.29, 0.717) is 19.3 Å². The third kappa shape index (κ3) is 4.62. The van der Waals surface area contributed by atoms with E-state index in [1.54, 1.807) is 12.1 Å². The second-order valence-electron chi connectivity index (χ2n) is 4.89. The minimum absolute atomic E-state index is 0.0749. The van der Waals surface area contributed by atoms with Gasteiger partial charge in [0.15, 0.2) is 0 Å². The van der Waals surface area contributed by atoms with Gasteiger partial charge in [-0.05, 0) is 30.7 Å². The summed E-state index contributed by atoms with van der Waals surface area (Å²) < 4.78 is 0. The zero-order valence-electron chi connectivity index (χ0n) is 11.6. The van der Waals surface area contributed by atoms with Crippen LogP contribution in [0.2, 0.25) is 0 Å². The van der Waals surface area contributed by atoms with Gasteiger partial charge < -0.3 is 11.5 Å². The molecule has 2 unspecified atom stereocenters. The van der Waals surface area contributed by atoms with Crippen LogP contribution < -0.4 is 11.5 Å². The molecule has 0 radical (unpaired) electrons. The van der Waals surface area contributed by atoms with Crippen molar-refractivity contribution in [2.24, 2.45) is 11.5 Å². The summed E-state index contributed by atoms with van der Waals surface area (Å²) in [5.74, 6) is -0.190. The van der Waals surface area contributed by atoms with Crippen LogP contribution in [0, 0.1) is 10.1 Å². The van der Waals surface area contributed by atoms with E-state index in [1.807, 2.05) is 6.92 Å². The number of amides is 1. The first-order chi connectivity index (χ1) is 9.45. The Hall–Kier alpha value is -1.95. The van der Waals surface area contributed by atoms with E-state index in [1.165, 1.54) is 12.1 Å². The molecule has 0 aliphatic rings. The highest BCUT2D eigenvalue weighted by molar-refractivity contribution is 5.73. The summed E-state index contributed by atoms with van der Waals surface area (Å²) in [4.78, 5) is 20.9. The van der Waals surface area contributed by atoms with Crippen LogP contribution >= 0.6 is 0 Å². The second kappa shape index (κ2) is 7.59. The molecule has 0 fully saturated rings. The average Bonchev–Trinajstić information content (AvgIpc) is 2.39. The standard InChI is InChI=1S/C14H21N3O3/c1-2-12(13(15)4-3-5-14(16)18)10-6-8-11(9-7-10)17(19)20/h6-9,12-13H,2-5,15H2,1H3,(H2,16,18). The van der Waals surface area contributed by atoms with E-state index < -0.39 is 4.92 Å². The fourth-order valence-electron chi connectivity index (χ4n) is 2.34. The lowest BCUT2D eigenvalue weighted by Crippen LogP contribution is -2.28. The molecule has 0 spiro atoms. The lowest BCUT2D eigenvalue weighted by molar-refractivity contribution is -0.384. The highest BCUT2D eigenvalue weighted by Crippen LogP contribution is 2.26. The Labute approximate surface area is 118 Å². The van der Waals surface area contributed by atoms with Gasteiger partial charge in [-0.2, -0.15) is 0 Å². The lowest BCUT2D eigenvalue weighted by Gasteiger charge is -2.23. The van der Waals surface area contributed by atoms with Crippen molar-refractivity contribution < 1.29 is 9.72 Å². The van der Waals surface area contributed by atoms with Crippen molar-refractivity contribution in [1.82, 2.24) is 0 Å². The maximum Gasteiger partial charge on any atom is 0.269 e. The molecule has 0 saturated carbocycles. The van der Waals surface area contributed by atoms with Gasteiger partial charge in [0.25, 0.3) is 5.69 Å². The van der Waals surface area contributed by atoms with Crippen LogP contribution in [0.4, 0.5) is 5.69 Å². The maximum atomic E-state index is 10.7. The topological polar surface area (TPSA) is 112 Å². The van der Waals surface area contributed by atoms with Gasteiger partial charge >= 0.3 is 0 Å². The summed E-state index contributed by atoms with van der Waals surface area (Å²) >= 11 is 0. The molecule has 1 amide bonds. The van der Waals surface area contributed by atoms with Crippen molar-refractivity contribution in [1.29, 1.82) is 0 Å². The van der Waals surface area contributed by atoms with Gasteiger partial charge in [-0.1, -0.05) is 19.1 Å². The van der Waals surface area contributed by atoms with Crippen LogP contribution in [-0.2, 0) is 4.79 Å². The van der Waals surface area contributed by atoms with E-state index in [-0.39, 0.29) is 23.6 Å². The Morgan fingerprint density at radius 1 is 1.35 bits per heavy atom. The number of nitrogens with two attached hydrogens (primary N) is 2. The number of hydrogen-bond acceptors (Lipinski definition) is 4. The molecule has 6 nitrogen and oxygen atoms in total. The summed E-state index contributed by atoms with van der Waals surface area (Å²) in [6.07, 6.45) is 2.55. The lowest BCUT2D eigenvalue weighted by atomic mass is 9.87. The van der Waals surface area contributed by atoms with Crippen molar-refractivity contribution in [2.45, 2.75) is 44.6 Å². The molecule has 4 N–H and O–H groups in total. The molecule has 6 heteroatoms. The second-order valence-corrected chi connectivity index (χ2v) is 4.89. The highest BCUT2D eigenvalue weighted by atomic mass is 16.6. The van der Waals surface area contributed by atoms with E-state index in [4.69, 9.17) is 11.5 Å². The first-order valence-electron chi connectivity index (χ1n) is 6.74. The van der Waals surface area contributed by atoms with Crippen LogP contribution in [0.3, 0.4) is 0 Å². The van der Waals surface area contributed by atoms with Crippen molar-refractivity contribution in [3.63, 3.8) is 0 Å². The molecule has 2 atom stereocenters. The molecule has 20 heavy (non-hydrogen) atoms. The van der Waals surface area contributed by atoms with Gasteiger partial charge in [-0.15, -0.1) is 0 Å². The number of carbonyl (C=O) groups is 1. The number of hydrogen-bond donors (Lipinski definition) is 2. The first kappa shape index (κ1) is 16.1. The Kier molecular flexibility index (Phi) is 6.11. The minimum Gasteiger partial charge on any atom is -0.370 e. The Morgan fingerprint density at radius 2 is 1.95 bits per heavy atom. The number of non-ortho nitro benzene ring substituents is 1. The van der Waals surface area contributed by atoms with Gasteiger partial charge in [0.05, 0.1) is 4.92 Å². The molecule has 0 bridgehead atoms. The molecule has 0 aliphatic carbocycles. The number of primary amides is 1. The number of nitrogens with zero attached hydrogens (tertiary/aromatic N) is 1. The molecule has 1 aromatic rings. The molecule has 1 rings (SSSR count). The average molecular weight is 279 g/mol. The van der Waals surface area contributed by atoms with Crippen LogP contribution in [-0.4, -0.2) is 16.9 Å². The van der Waals surface area contributed by atoms with E-state index >= 15 is 0 Å². The fourth-order valence-corrected chi connectivity index (χ4v) is 2.34. The number of nitro groups is 1. The van der Waals surface area contributed by atoms with Gasteiger partial charge in [0, 0.05) is 24.6 Å². The smallest absolute Gasteiger partial charge is 0.269 e. The molecule has 0 saturated heterocycles. The van der Waals surface area contributed by atoms with Crippen molar-refractivity contribution in [3.8, 4) is 0 Å². The highest BCUT2D eigenvalue weighted by Gasteiger charge is 2.19. The predicted octanol–water partition coefficient (Wildman–Crippen LogP) is 2.07. The summed E-state index contributed by atoms with van der Waals surface area (Å²) in [5.41, 5.74) is 12.3. The molecular weight excluding hydrogens is 258 g/mol. The number of rotatable bonds is 8. The number of carbonyl (C=O) groups excluding carboxylic acids is 1. The molecule has 110 valence electrons. The molecule has 0 aliphatic heterocycles. The molecule has 0 aromatic heterocycles. The monoisotopic (exact) mass is 279 g/mol. The largest absolute Gasteiger partial charge is 0.370 e. The Morgan fingerprint density at radius 3 is 2.40 bits per heavy atom. The third-order valence-electron chi connectivity index (χ3n) is 3.45. The van der Waals surface area contributed by atoms with E-state index in [2.05, 4.69) is 0 Å². The zero-order chi connectivity index (χ0) is 15.1. The minimum atomic E-state index is -0.419. The number of nitro benzene ring substituents is 1. The zero-order valence-corrected chi connectivity index (χ0v) is 11.6. The van der Waals surface area contributed by atoms with Crippen molar-refractivity contribution >= 4 is 11.6 Å². The predicted molar refractivity (Wildman–Crippen MR) is 77.1 cm³/mol. The third-order valence-corrected chi connectivity index (χ3v) is 3.45. The fraction of sp³-hybridized carbons (Fsp3) is 0.500. The van der Waals surface area contributed by atoms with Crippen molar-refractivity contribution in [3.05, 3.63) is 39.9 Å². The van der Waals surface area contributed by atoms with Gasteiger partial charge in [-0.25, -0.2) is 0 Å². The summed E-state index contributed by atoms with van der Waals surface area (Å²) in [5, 5.41) is 10.6. The van der Waals surface area contributed by atoms with Gasteiger partial charge in [0.2, 0.25) is 5.91 Å². The van der Waals surface area contributed by atoms with Crippen LogP contribution in [0.25, 0.3) is 0 Å². The Balaban J connectivity index is 2.69. The summed E-state index contributed by atoms with van der Waals surface area (Å²) in [6.45, 7) is 2.03. The van der Waals surface area contributed by atoms with Crippen LogP contribution in [0.15, 0.2) is 24.3 Å². The molecule has 0 heterocycles.